The van der Waals surface area contributed by atoms with E-state index in [2.05, 4.69) is 0 Å². The van der Waals surface area contributed by atoms with Crippen LogP contribution in [-0.4, -0.2) is 33.5 Å². The van der Waals surface area contributed by atoms with Crippen molar-refractivity contribution in [3.63, 3.8) is 0 Å². The Balaban J connectivity index is 2.46. The maximum atomic E-state index is 10.8. The number of rotatable bonds is 7. The van der Waals surface area contributed by atoms with Gasteiger partial charge in [0.2, 0.25) is 0 Å². The first-order chi connectivity index (χ1) is 11.6. The van der Waals surface area contributed by atoms with Crippen molar-refractivity contribution in [3.8, 4) is 23.0 Å². The van der Waals surface area contributed by atoms with Gasteiger partial charge < -0.3 is 29.8 Å². The van der Waals surface area contributed by atoms with Gasteiger partial charge >= 0.3 is 0 Å². The summed E-state index contributed by atoms with van der Waals surface area (Å²) in [5.74, 6) is 2.02. The monoisotopic (exact) mass is 333 g/mol. The average Bonchev–Trinajstić information content (AvgIpc) is 2.64. The Morgan fingerprint density at radius 3 is 1.67 bits per heavy atom. The summed E-state index contributed by atoms with van der Waals surface area (Å²) in [6, 6.07) is 9.90. The minimum Gasteiger partial charge on any atom is -0.493 e. The minimum atomic E-state index is -1.02. The fourth-order valence-corrected chi connectivity index (χ4v) is 2.68. The average molecular weight is 333 g/mol. The molecule has 0 aliphatic rings. The molecule has 2 aromatic carbocycles. The zero-order valence-corrected chi connectivity index (χ0v) is 14.3. The van der Waals surface area contributed by atoms with E-state index in [0.29, 0.717) is 34.1 Å². The van der Waals surface area contributed by atoms with Crippen molar-refractivity contribution in [3.05, 3.63) is 47.5 Å². The standard InChI is InChI=1S/C18H23NO5/c1-21-13-9-5-7-11(17(13)23-3)15(19)16(20)12-8-6-10-14(22-2)18(12)24-4/h5-10,15-16,20H,19H2,1-4H3/t15-,16+/m0/s1. The molecule has 0 saturated carbocycles. The molecule has 0 unspecified atom stereocenters. The Kier molecular flexibility index (Phi) is 5.89. The van der Waals surface area contributed by atoms with E-state index < -0.39 is 12.1 Å². The predicted molar refractivity (Wildman–Crippen MR) is 91.0 cm³/mol. The number of ether oxygens (including phenoxy) is 4. The zero-order chi connectivity index (χ0) is 17.7. The second-order valence-electron chi connectivity index (χ2n) is 5.14. The number of aliphatic hydroxyl groups excluding tert-OH is 1. The van der Waals surface area contributed by atoms with Gasteiger partial charge in [-0.15, -0.1) is 0 Å². The second kappa shape index (κ2) is 7.90. The van der Waals surface area contributed by atoms with E-state index in [4.69, 9.17) is 24.7 Å². The molecule has 0 radical (unpaired) electrons. The molecular weight excluding hydrogens is 310 g/mol. The van der Waals surface area contributed by atoms with E-state index in [1.165, 1.54) is 14.2 Å². The van der Waals surface area contributed by atoms with Crippen molar-refractivity contribution in [1.29, 1.82) is 0 Å². The largest absolute Gasteiger partial charge is 0.493 e. The molecule has 2 rings (SSSR count). The van der Waals surface area contributed by atoms with Crippen LogP contribution in [-0.2, 0) is 0 Å². The van der Waals surface area contributed by atoms with Crippen LogP contribution in [0.4, 0.5) is 0 Å². The summed E-state index contributed by atoms with van der Waals surface area (Å²) >= 11 is 0. The fourth-order valence-electron chi connectivity index (χ4n) is 2.68. The number of benzene rings is 2. The van der Waals surface area contributed by atoms with Gasteiger partial charge in [0.1, 0.15) is 6.10 Å². The molecule has 0 heterocycles. The number of para-hydroxylation sites is 2. The minimum absolute atomic E-state index is 0.449. The first-order valence-corrected chi connectivity index (χ1v) is 7.44. The van der Waals surface area contributed by atoms with Crippen LogP contribution in [0.1, 0.15) is 23.3 Å². The molecule has 130 valence electrons. The Hall–Kier alpha value is -2.44. The van der Waals surface area contributed by atoms with E-state index in [-0.39, 0.29) is 0 Å². The van der Waals surface area contributed by atoms with E-state index in [0.717, 1.165) is 0 Å². The highest BCUT2D eigenvalue weighted by atomic mass is 16.5. The third-order valence-corrected chi connectivity index (χ3v) is 3.88. The lowest BCUT2D eigenvalue weighted by atomic mass is 9.94. The van der Waals surface area contributed by atoms with Crippen LogP contribution in [0.15, 0.2) is 36.4 Å². The summed E-state index contributed by atoms with van der Waals surface area (Å²) in [4.78, 5) is 0. The van der Waals surface area contributed by atoms with E-state index >= 15 is 0 Å². The molecule has 6 nitrogen and oxygen atoms in total. The normalized spacial score (nSPS) is 13.1. The van der Waals surface area contributed by atoms with Crippen LogP contribution in [0.5, 0.6) is 23.0 Å². The highest BCUT2D eigenvalue weighted by molar-refractivity contribution is 5.51. The van der Waals surface area contributed by atoms with Gasteiger partial charge in [0, 0.05) is 11.1 Å². The van der Waals surface area contributed by atoms with E-state index in [1.54, 1.807) is 50.6 Å². The maximum Gasteiger partial charge on any atom is 0.166 e. The van der Waals surface area contributed by atoms with Gasteiger partial charge in [0.05, 0.1) is 34.5 Å². The van der Waals surface area contributed by atoms with Gasteiger partial charge in [-0.1, -0.05) is 24.3 Å². The van der Waals surface area contributed by atoms with Gasteiger partial charge in [0.15, 0.2) is 23.0 Å². The topological polar surface area (TPSA) is 83.2 Å². The van der Waals surface area contributed by atoms with Crippen molar-refractivity contribution >= 4 is 0 Å². The molecule has 0 aliphatic heterocycles. The Morgan fingerprint density at radius 1 is 0.750 bits per heavy atom. The first kappa shape index (κ1) is 17.9. The van der Waals surface area contributed by atoms with Gasteiger partial charge in [-0.2, -0.15) is 0 Å². The van der Waals surface area contributed by atoms with Crippen LogP contribution in [0.25, 0.3) is 0 Å². The smallest absolute Gasteiger partial charge is 0.166 e. The van der Waals surface area contributed by atoms with Crippen molar-refractivity contribution < 1.29 is 24.1 Å². The molecule has 0 spiro atoms. The van der Waals surface area contributed by atoms with Gasteiger partial charge in [-0.05, 0) is 12.1 Å². The number of nitrogens with two attached hydrogens (primary N) is 1. The molecule has 0 aliphatic carbocycles. The van der Waals surface area contributed by atoms with Crippen molar-refractivity contribution in [1.82, 2.24) is 0 Å². The SMILES string of the molecule is COc1cccc([C@@H](O)[C@@H](N)c2cccc(OC)c2OC)c1OC. The zero-order valence-electron chi connectivity index (χ0n) is 14.3. The van der Waals surface area contributed by atoms with Crippen molar-refractivity contribution in [2.75, 3.05) is 28.4 Å². The summed E-state index contributed by atoms with van der Waals surface area (Å²) in [5, 5.41) is 10.8. The summed E-state index contributed by atoms with van der Waals surface area (Å²) in [6.07, 6.45) is -1.02. The summed E-state index contributed by atoms with van der Waals surface area (Å²) in [5.41, 5.74) is 7.47. The van der Waals surface area contributed by atoms with Crippen LogP contribution < -0.4 is 24.7 Å². The highest BCUT2D eigenvalue weighted by Crippen LogP contribution is 2.42. The molecule has 2 atom stereocenters. The summed E-state index contributed by atoms with van der Waals surface area (Å²) in [7, 11) is 6.14. The van der Waals surface area contributed by atoms with Gasteiger partial charge in [-0.3, -0.25) is 0 Å². The predicted octanol–water partition coefficient (Wildman–Crippen LogP) is 2.45. The molecular formula is C18H23NO5. The number of aliphatic hydroxyl groups is 1. The third kappa shape index (κ3) is 3.25. The van der Waals surface area contributed by atoms with E-state index in [9.17, 15) is 5.11 Å². The second-order valence-corrected chi connectivity index (χ2v) is 5.14. The number of methoxy groups -OCH3 is 4. The van der Waals surface area contributed by atoms with Crippen molar-refractivity contribution in [2.24, 2.45) is 5.73 Å². The first-order valence-electron chi connectivity index (χ1n) is 7.44. The lowest BCUT2D eigenvalue weighted by molar-refractivity contribution is 0.141. The maximum absolute atomic E-state index is 10.8. The Morgan fingerprint density at radius 2 is 1.21 bits per heavy atom. The molecule has 24 heavy (non-hydrogen) atoms. The number of hydrogen-bond donors (Lipinski definition) is 2. The molecule has 3 N–H and O–H groups in total. The number of hydrogen-bond acceptors (Lipinski definition) is 6. The lowest BCUT2D eigenvalue weighted by Gasteiger charge is -2.24. The highest BCUT2D eigenvalue weighted by Gasteiger charge is 2.27. The quantitative estimate of drug-likeness (QED) is 0.810. The molecule has 0 fully saturated rings. The molecule has 0 bridgehead atoms. The third-order valence-electron chi connectivity index (χ3n) is 3.88. The van der Waals surface area contributed by atoms with Crippen LogP contribution >= 0.6 is 0 Å². The van der Waals surface area contributed by atoms with Gasteiger partial charge in [-0.25, -0.2) is 0 Å². The Labute approximate surface area is 141 Å². The molecule has 2 aromatic rings. The molecule has 0 amide bonds. The van der Waals surface area contributed by atoms with Crippen LogP contribution in [0.3, 0.4) is 0 Å². The fraction of sp³-hybridized carbons (Fsp3) is 0.333. The summed E-state index contributed by atoms with van der Waals surface area (Å²) in [6.45, 7) is 0. The van der Waals surface area contributed by atoms with Crippen LogP contribution in [0.2, 0.25) is 0 Å². The lowest BCUT2D eigenvalue weighted by Crippen LogP contribution is -2.21. The molecule has 6 heteroatoms. The molecule has 0 saturated heterocycles. The molecule has 0 aromatic heterocycles. The Bertz CT molecular complexity index is 630. The van der Waals surface area contributed by atoms with Crippen molar-refractivity contribution in [2.45, 2.75) is 12.1 Å². The van der Waals surface area contributed by atoms with Gasteiger partial charge in [0.25, 0.3) is 0 Å². The summed E-state index contributed by atoms with van der Waals surface area (Å²) < 4.78 is 21.3. The van der Waals surface area contributed by atoms with E-state index in [1.807, 2.05) is 0 Å². The van der Waals surface area contributed by atoms with Crippen LogP contribution in [0, 0.1) is 0 Å².